The lowest BCUT2D eigenvalue weighted by atomic mass is 10.2. The molecule has 48 valence electrons. The zero-order valence-electron chi connectivity index (χ0n) is 5.15. The molecule has 1 unspecified atom stereocenters. The van der Waals surface area contributed by atoms with Crippen LogP contribution in [-0.2, 0) is 0 Å². The number of nitrogens with two attached hydrogens (primary N) is 1. The summed E-state index contributed by atoms with van der Waals surface area (Å²) in [4.78, 5) is 0. The van der Waals surface area contributed by atoms with Crippen LogP contribution in [0.4, 0.5) is 0 Å². The molecule has 0 saturated heterocycles. The standard InChI is InChI=1S/C6H12ClN/c1-3-4-6(8)5(2)7/h6H,2-4,8H2,1H3. The second-order valence-corrected chi connectivity index (χ2v) is 2.33. The fourth-order valence-corrected chi connectivity index (χ4v) is 0.577. The van der Waals surface area contributed by atoms with E-state index in [9.17, 15) is 0 Å². The maximum atomic E-state index is 5.50. The van der Waals surface area contributed by atoms with Crippen LogP contribution in [-0.4, -0.2) is 6.04 Å². The number of halogens is 1. The average molecular weight is 134 g/mol. The van der Waals surface area contributed by atoms with Gasteiger partial charge in [-0.3, -0.25) is 0 Å². The van der Waals surface area contributed by atoms with Gasteiger partial charge in [-0.15, -0.1) is 0 Å². The molecule has 0 aromatic rings. The highest BCUT2D eigenvalue weighted by Gasteiger charge is 2.00. The van der Waals surface area contributed by atoms with E-state index in [0.29, 0.717) is 5.03 Å². The van der Waals surface area contributed by atoms with Crippen LogP contribution in [0.3, 0.4) is 0 Å². The van der Waals surface area contributed by atoms with Crippen LogP contribution in [0.15, 0.2) is 11.6 Å². The Balaban J connectivity index is 3.32. The van der Waals surface area contributed by atoms with E-state index in [-0.39, 0.29) is 6.04 Å². The summed E-state index contributed by atoms with van der Waals surface area (Å²) >= 11 is 5.49. The SMILES string of the molecule is C=C(Cl)C(N)CCC. The molecule has 0 aliphatic rings. The minimum atomic E-state index is -0.0123. The van der Waals surface area contributed by atoms with Gasteiger partial charge >= 0.3 is 0 Å². The van der Waals surface area contributed by atoms with Crippen molar-refractivity contribution in [1.82, 2.24) is 0 Å². The van der Waals surface area contributed by atoms with E-state index in [2.05, 4.69) is 13.5 Å². The van der Waals surface area contributed by atoms with Crippen LogP contribution < -0.4 is 5.73 Å². The van der Waals surface area contributed by atoms with E-state index in [4.69, 9.17) is 17.3 Å². The minimum Gasteiger partial charge on any atom is -0.323 e. The Bertz CT molecular complexity index is 80.6. The molecule has 0 aromatic carbocycles. The molecule has 8 heavy (non-hydrogen) atoms. The molecule has 0 bridgehead atoms. The van der Waals surface area contributed by atoms with Crippen molar-refractivity contribution in [3.05, 3.63) is 11.6 Å². The lowest BCUT2D eigenvalue weighted by molar-refractivity contribution is 0.696. The third-order valence-corrected chi connectivity index (χ3v) is 1.28. The topological polar surface area (TPSA) is 26.0 Å². The van der Waals surface area contributed by atoms with E-state index in [1.807, 2.05) is 0 Å². The maximum Gasteiger partial charge on any atom is 0.0397 e. The first kappa shape index (κ1) is 7.99. The monoisotopic (exact) mass is 133 g/mol. The number of rotatable bonds is 3. The highest BCUT2D eigenvalue weighted by molar-refractivity contribution is 6.29. The van der Waals surface area contributed by atoms with E-state index in [1.165, 1.54) is 0 Å². The highest BCUT2D eigenvalue weighted by atomic mass is 35.5. The fraction of sp³-hybridized carbons (Fsp3) is 0.667. The maximum absolute atomic E-state index is 5.50. The summed E-state index contributed by atoms with van der Waals surface area (Å²) in [5, 5.41) is 0.562. The smallest absolute Gasteiger partial charge is 0.0397 e. The predicted octanol–water partition coefficient (Wildman–Crippen LogP) is 1.87. The first-order valence-electron chi connectivity index (χ1n) is 2.78. The summed E-state index contributed by atoms with van der Waals surface area (Å²) in [5.41, 5.74) is 5.50. The van der Waals surface area contributed by atoms with Crippen LogP contribution in [0.1, 0.15) is 19.8 Å². The fourth-order valence-electron chi connectivity index (χ4n) is 0.468. The average Bonchev–Trinajstić information content (AvgIpc) is 1.67. The van der Waals surface area contributed by atoms with Gasteiger partial charge in [-0.2, -0.15) is 0 Å². The van der Waals surface area contributed by atoms with Gasteiger partial charge in [-0.1, -0.05) is 31.5 Å². The number of hydrogen-bond acceptors (Lipinski definition) is 1. The highest BCUT2D eigenvalue weighted by Crippen LogP contribution is 2.06. The molecule has 2 N–H and O–H groups in total. The lowest BCUT2D eigenvalue weighted by Crippen LogP contribution is -2.18. The summed E-state index contributed by atoms with van der Waals surface area (Å²) in [6, 6.07) is -0.0123. The molecule has 0 aliphatic carbocycles. The van der Waals surface area contributed by atoms with Crippen molar-refractivity contribution in [1.29, 1.82) is 0 Å². The van der Waals surface area contributed by atoms with Crippen molar-refractivity contribution in [2.45, 2.75) is 25.8 Å². The molecule has 0 aromatic heterocycles. The largest absolute Gasteiger partial charge is 0.323 e. The zero-order valence-corrected chi connectivity index (χ0v) is 5.91. The second-order valence-electron chi connectivity index (χ2n) is 1.84. The van der Waals surface area contributed by atoms with Crippen molar-refractivity contribution in [3.8, 4) is 0 Å². The van der Waals surface area contributed by atoms with Crippen molar-refractivity contribution in [2.75, 3.05) is 0 Å². The second kappa shape index (κ2) is 3.93. The molecular weight excluding hydrogens is 122 g/mol. The third kappa shape index (κ3) is 3.05. The molecule has 2 heteroatoms. The Morgan fingerprint density at radius 2 is 2.38 bits per heavy atom. The van der Waals surface area contributed by atoms with Gasteiger partial charge in [0.2, 0.25) is 0 Å². The van der Waals surface area contributed by atoms with Crippen LogP contribution in [0, 0.1) is 0 Å². The van der Waals surface area contributed by atoms with Gasteiger partial charge in [0.1, 0.15) is 0 Å². The third-order valence-electron chi connectivity index (χ3n) is 1.00. The molecule has 0 amide bonds. The first-order chi connectivity index (χ1) is 3.68. The van der Waals surface area contributed by atoms with Gasteiger partial charge in [0.25, 0.3) is 0 Å². The van der Waals surface area contributed by atoms with E-state index < -0.39 is 0 Å². The van der Waals surface area contributed by atoms with Gasteiger partial charge in [0.15, 0.2) is 0 Å². The summed E-state index contributed by atoms with van der Waals surface area (Å²) in [6.45, 7) is 5.58. The molecule has 0 saturated carbocycles. The van der Waals surface area contributed by atoms with E-state index >= 15 is 0 Å². The Kier molecular flexibility index (Phi) is 3.92. The van der Waals surface area contributed by atoms with Gasteiger partial charge in [-0.05, 0) is 6.42 Å². The lowest BCUT2D eigenvalue weighted by Gasteiger charge is -2.05. The van der Waals surface area contributed by atoms with Gasteiger partial charge in [0.05, 0.1) is 0 Å². The molecule has 0 fully saturated rings. The van der Waals surface area contributed by atoms with Crippen molar-refractivity contribution in [2.24, 2.45) is 5.73 Å². The summed E-state index contributed by atoms with van der Waals surface area (Å²) in [6.07, 6.45) is 2.00. The Hall–Kier alpha value is -0.0100. The van der Waals surface area contributed by atoms with Crippen molar-refractivity contribution in [3.63, 3.8) is 0 Å². The predicted molar refractivity (Wildman–Crippen MR) is 37.9 cm³/mol. The summed E-state index contributed by atoms with van der Waals surface area (Å²) < 4.78 is 0. The van der Waals surface area contributed by atoms with Gasteiger partial charge < -0.3 is 5.73 Å². The molecule has 1 nitrogen and oxygen atoms in total. The summed E-state index contributed by atoms with van der Waals surface area (Å²) in [5.74, 6) is 0. The van der Waals surface area contributed by atoms with Crippen LogP contribution in [0.5, 0.6) is 0 Å². The Morgan fingerprint density at radius 1 is 1.88 bits per heavy atom. The first-order valence-corrected chi connectivity index (χ1v) is 3.16. The Labute approximate surface area is 55.5 Å². The van der Waals surface area contributed by atoms with Crippen molar-refractivity contribution < 1.29 is 0 Å². The molecule has 0 aliphatic heterocycles. The zero-order chi connectivity index (χ0) is 6.57. The number of hydrogen-bond donors (Lipinski definition) is 1. The van der Waals surface area contributed by atoms with Crippen LogP contribution >= 0.6 is 11.6 Å². The van der Waals surface area contributed by atoms with Crippen LogP contribution in [0.25, 0.3) is 0 Å². The molecule has 1 atom stereocenters. The molecular formula is C6H12ClN. The summed E-state index contributed by atoms with van der Waals surface area (Å²) in [7, 11) is 0. The van der Waals surface area contributed by atoms with E-state index in [0.717, 1.165) is 12.8 Å². The Morgan fingerprint density at radius 3 is 2.50 bits per heavy atom. The quantitative estimate of drug-likeness (QED) is 0.625. The van der Waals surface area contributed by atoms with Crippen molar-refractivity contribution >= 4 is 11.6 Å². The normalized spacial score (nSPS) is 13.4. The van der Waals surface area contributed by atoms with Gasteiger partial charge in [-0.25, -0.2) is 0 Å². The molecule has 0 heterocycles. The van der Waals surface area contributed by atoms with Gasteiger partial charge in [0, 0.05) is 11.1 Å². The minimum absolute atomic E-state index is 0.0123. The van der Waals surface area contributed by atoms with E-state index in [1.54, 1.807) is 0 Å². The molecule has 0 rings (SSSR count). The molecule has 0 spiro atoms. The van der Waals surface area contributed by atoms with Crippen LogP contribution in [0.2, 0.25) is 0 Å². The molecule has 0 radical (unpaired) electrons.